The molecular formula is C25H32N4O4S. The molecule has 0 aliphatic rings. The fraction of sp³-hybridized carbons (Fsp3) is 0.280. The van der Waals surface area contributed by atoms with Crippen molar-refractivity contribution in [1.29, 1.82) is 0 Å². The molecule has 1 unspecified atom stereocenters. The van der Waals surface area contributed by atoms with Gasteiger partial charge < -0.3 is 26.9 Å². The first kappa shape index (κ1) is 28.5. The normalized spacial score (nSPS) is 11.1. The van der Waals surface area contributed by atoms with Crippen LogP contribution >= 0.6 is 11.3 Å². The molecule has 2 aromatic carbocycles. The van der Waals surface area contributed by atoms with Crippen LogP contribution in [0.15, 0.2) is 53.9 Å². The predicted octanol–water partition coefficient (Wildman–Crippen LogP) is 3.84. The third-order valence-corrected chi connectivity index (χ3v) is 5.82. The zero-order valence-corrected chi connectivity index (χ0v) is 20.6. The molecular weight excluding hydrogens is 452 g/mol. The van der Waals surface area contributed by atoms with E-state index < -0.39 is 11.9 Å². The van der Waals surface area contributed by atoms with Crippen molar-refractivity contribution in [3.8, 4) is 0 Å². The van der Waals surface area contributed by atoms with Crippen LogP contribution < -0.4 is 22.1 Å². The van der Waals surface area contributed by atoms with Crippen molar-refractivity contribution < 1.29 is 19.2 Å². The fourth-order valence-electron chi connectivity index (χ4n) is 2.49. The van der Waals surface area contributed by atoms with Gasteiger partial charge >= 0.3 is 6.03 Å². The molecule has 34 heavy (non-hydrogen) atoms. The number of urea groups is 1. The molecule has 1 heterocycles. The van der Waals surface area contributed by atoms with Crippen molar-refractivity contribution in [3.05, 3.63) is 64.4 Å². The fourth-order valence-corrected chi connectivity index (χ4v) is 3.43. The topological polar surface area (TPSA) is 144 Å². The van der Waals surface area contributed by atoms with E-state index in [2.05, 4.69) is 31.4 Å². The maximum Gasteiger partial charge on any atom is 0.318 e. The smallest absolute Gasteiger partial charge is 0.318 e. The van der Waals surface area contributed by atoms with Crippen LogP contribution in [-0.2, 0) is 15.0 Å². The Balaban J connectivity index is 0.000000270. The largest absolute Gasteiger partial charge is 0.368 e. The molecule has 0 aliphatic heterocycles. The van der Waals surface area contributed by atoms with Crippen LogP contribution in [0.25, 0.3) is 10.8 Å². The number of nitrogens with one attached hydrogen (secondary N) is 2. The lowest BCUT2D eigenvalue weighted by Gasteiger charge is -2.14. The molecule has 1 aromatic heterocycles. The summed E-state index contributed by atoms with van der Waals surface area (Å²) in [6.07, 6.45) is 1.47. The minimum Gasteiger partial charge on any atom is -0.368 e. The number of hydrogen-bond acceptors (Lipinski definition) is 6. The van der Waals surface area contributed by atoms with E-state index in [0.717, 1.165) is 22.9 Å². The van der Waals surface area contributed by atoms with E-state index in [1.165, 1.54) is 10.3 Å². The molecule has 0 saturated carbocycles. The number of carbonyl (C=O) groups is 4. The molecule has 0 bridgehead atoms. The Morgan fingerprint density at radius 1 is 1.06 bits per heavy atom. The third-order valence-electron chi connectivity index (χ3n) is 4.45. The molecule has 0 fully saturated rings. The zero-order chi connectivity index (χ0) is 25.7. The van der Waals surface area contributed by atoms with Crippen molar-refractivity contribution in [2.24, 2.45) is 11.5 Å². The van der Waals surface area contributed by atoms with Crippen LogP contribution in [-0.4, -0.2) is 37.6 Å². The number of amides is 3. The van der Waals surface area contributed by atoms with E-state index in [9.17, 15) is 19.2 Å². The van der Waals surface area contributed by atoms with Crippen molar-refractivity contribution in [1.82, 2.24) is 5.32 Å². The second-order valence-electron chi connectivity index (χ2n) is 8.29. The zero-order valence-electron chi connectivity index (χ0n) is 19.8. The molecule has 6 N–H and O–H groups in total. The van der Waals surface area contributed by atoms with Crippen molar-refractivity contribution in [2.75, 3.05) is 12.4 Å². The SMILES string of the molecule is CC(C)(C)c1cc(C=O)cs1.CNC(=O)Nc1ccc2ccccc2c1.NC(=O)C(N)CC=O. The summed E-state index contributed by atoms with van der Waals surface area (Å²) in [7, 11) is 1.59. The third kappa shape index (κ3) is 9.93. The lowest BCUT2D eigenvalue weighted by molar-refractivity contribution is -0.121. The first-order valence-electron chi connectivity index (χ1n) is 10.5. The molecule has 9 heteroatoms. The van der Waals surface area contributed by atoms with Gasteiger partial charge in [-0.2, -0.15) is 0 Å². The van der Waals surface area contributed by atoms with Gasteiger partial charge in [0.15, 0.2) is 6.29 Å². The van der Waals surface area contributed by atoms with E-state index >= 15 is 0 Å². The minimum absolute atomic E-state index is 0.00926. The van der Waals surface area contributed by atoms with E-state index in [1.807, 2.05) is 53.9 Å². The number of nitrogens with two attached hydrogens (primary N) is 2. The van der Waals surface area contributed by atoms with Gasteiger partial charge in [-0.1, -0.05) is 51.1 Å². The lowest BCUT2D eigenvalue weighted by Crippen LogP contribution is -2.36. The number of anilines is 1. The number of hydrogen-bond donors (Lipinski definition) is 4. The van der Waals surface area contributed by atoms with E-state index in [4.69, 9.17) is 11.5 Å². The second-order valence-corrected chi connectivity index (χ2v) is 9.20. The summed E-state index contributed by atoms with van der Waals surface area (Å²) in [5.41, 5.74) is 11.5. The molecule has 8 nitrogen and oxygen atoms in total. The van der Waals surface area contributed by atoms with Crippen LogP contribution in [0.3, 0.4) is 0 Å². The lowest BCUT2D eigenvalue weighted by atomic mass is 9.94. The van der Waals surface area contributed by atoms with Gasteiger partial charge in [-0.05, 0) is 34.4 Å². The molecule has 0 aliphatic carbocycles. The monoisotopic (exact) mass is 484 g/mol. The molecule has 0 radical (unpaired) electrons. The number of benzene rings is 2. The number of rotatable bonds is 5. The average Bonchev–Trinajstić information content (AvgIpc) is 3.30. The summed E-state index contributed by atoms with van der Waals surface area (Å²) in [6.45, 7) is 6.44. The Labute approximate surface area is 203 Å². The number of fused-ring (bicyclic) bond motifs is 1. The number of aldehydes is 2. The van der Waals surface area contributed by atoms with E-state index in [0.29, 0.717) is 6.29 Å². The average molecular weight is 485 g/mol. The van der Waals surface area contributed by atoms with Gasteiger partial charge in [-0.15, -0.1) is 11.3 Å². The molecule has 3 aromatic rings. The Morgan fingerprint density at radius 3 is 2.15 bits per heavy atom. The van der Waals surface area contributed by atoms with Gasteiger partial charge in [0.05, 0.1) is 6.04 Å². The molecule has 182 valence electrons. The van der Waals surface area contributed by atoms with Gasteiger partial charge in [-0.3, -0.25) is 9.59 Å². The summed E-state index contributed by atoms with van der Waals surface area (Å²) >= 11 is 1.65. The van der Waals surface area contributed by atoms with Crippen LogP contribution in [0.2, 0.25) is 0 Å². The van der Waals surface area contributed by atoms with Crippen LogP contribution in [0.5, 0.6) is 0 Å². The van der Waals surface area contributed by atoms with E-state index in [-0.39, 0.29) is 17.9 Å². The van der Waals surface area contributed by atoms with Gasteiger partial charge in [0.25, 0.3) is 0 Å². The first-order valence-corrected chi connectivity index (χ1v) is 11.4. The van der Waals surface area contributed by atoms with Crippen molar-refractivity contribution in [2.45, 2.75) is 38.6 Å². The van der Waals surface area contributed by atoms with E-state index in [1.54, 1.807) is 18.4 Å². The standard InChI is InChI=1S/C12H12N2O.C9H12OS.C4H8N2O2/c1-13-12(15)14-11-7-6-9-4-2-3-5-10(9)8-11;1-9(2,3)8-4-7(5-10)6-11-8;5-3(1-2-7)4(6)8/h2-8H,1H3,(H2,13,14,15);4-6H,1-3H3;2-3H,1,5H2,(H2,6,8). The maximum absolute atomic E-state index is 11.1. The van der Waals surface area contributed by atoms with Crippen molar-refractivity contribution >= 4 is 52.3 Å². The highest BCUT2D eigenvalue weighted by molar-refractivity contribution is 7.10. The highest BCUT2D eigenvalue weighted by atomic mass is 32.1. The molecule has 0 spiro atoms. The predicted molar refractivity (Wildman–Crippen MR) is 138 cm³/mol. The number of primary amides is 1. The summed E-state index contributed by atoms with van der Waals surface area (Å²) in [5, 5.41) is 9.43. The van der Waals surface area contributed by atoms with Crippen molar-refractivity contribution in [3.63, 3.8) is 0 Å². The summed E-state index contributed by atoms with van der Waals surface area (Å²) in [6, 6.07) is 14.8. The maximum atomic E-state index is 11.1. The highest BCUT2D eigenvalue weighted by Gasteiger charge is 2.15. The number of thiophene rings is 1. The molecule has 3 amide bonds. The van der Waals surface area contributed by atoms with Crippen LogP contribution in [0, 0.1) is 0 Å². The Hall–Kier alpha value is -3.56. The Kier molecular flexibility index (Phi) is 11.6. The Bertz CT molecular complexity index is 1110. The molecule has 1 atom stereocenters. The number of carbonyl (C=O) groups excluding carboxylic acids is 4. The summed E-state index contributed by atoms with van der Waals surface area (Å²) in [4.78, 5) is 42.4. The summed E-state index contributed by atoms with van der Waals surface area (Å²) < 4.78 is 0. The second kappa shape index (κ2) is 13.9. The quantitative estimate of drug-likeness (QED) is 0.407. The van der Waals surface area contributed by atoms with Gasteiger partial charge in [0.2, 0.25) is 5.91 Å². The van der Waals surface area contributed by atoms with Crippen LogP contribution in [0.4, 0.5) is 10.5 Å². The first-order chi connectivity index (χ1) is 16.0. The molecule has 0 saturated heterocycles. The van der Waals surface area contributed by atoms with Gasteiger partial charge in [0, 0.05) is 35.0 Å². The van der Waals surface area contributed by atoms with Crippen LogP contribution in [0.1, 0.15) is 42.4 Å². The molecule has 3 rings (SSSR count). The Morgan fingerprint density at radius 2 is 1.71 bits per heavy atom. The van der Waals surface area contributed by atoms with Gasteiger partial charge in [0.1, 0.15) is 6.29 Å². The minimum atomic E-state index is -0.813. The summed E-state index contributed by atoms with van der Waals surface area (Å²) in [5.74, 6) is -0.642. The van der Waals surface area contributed by atoms with Gasteiger partial charge in [-0.25, -0.2) is 4.79 Å². The highest BCUT2D eigenvalue weighted by Crippen LogP contribution is 2.27.